The lowest BCUT2D eigenvalue weighted by Crippen LogP contribution is -2.50. The van der Waals surface area contributed by atoms with Crippen LogP contribution in [0.5, 0.6) is 11.5 Å². The second-order valence-corrected chi connectivity index (χ2v) is 6.69. The second kappa shape index (κ2) is 7.88. The highest BCUT2D eigenvalue weighted by Gasteiger charge is 2.31. The van der Waals surface area contributed by atoms with Gasteiger partial charge in [0.2, 0.25) is 5.91 Å². The van der Waals surface area contributed by atoms with Gasteiger partial charge >= 0.3 is 0 Å². The summed E-state index contributed by atoms with van der Waals surface area (Å²) in [6, 6.07) is 8.21. The van der Waals surface area contributed by atoms with Crippen LogP contribution in [0.1, 0.15) is 39.5 Å². The van der Waals surface area contributed by atoms with Crippen LogP contribution in [0.2, 0.25) is 0 Å². The molecule has 2 fully saturated rings. The number of amides is 1. The standard InChI is InChI=1S/C19H28N2O3/c1-3-23-17-6-4-5-7-18(17)24-16-10-12-21(13-11-16)14(2)19(22)20-15-8-9-15/h4-7,14-16H,3,8-13H2,1-2H3,(H,20,22). The van der Waals surface area contributed by atoms with Crippen LogP contribution in [0.15, 0.2) is 24.3 Å². The van der Waals surface area contributed by atoms with Crippen molar-refractivity contribution in [2.45, 2.75) is 57.7 Å². The van der Waals surface area contributed by atoms with Gasteiger partial charge in [0.25, 0.3) is 0 Å². The molecule has 0 bridgehead atoms. The van der Waals surface area contributed by atoms with Gasteiger partial charge in [-0.25, -0.2) is 0 Å². The number of carbonyl (C=O) groups is 1. The first kappa shape index (κ1) is 17.1. The summed E-state index contributed by atoms with van der Waals surface area (Å²) in [6.45, 7) is 6.39. The molecule has 1 aliphatic carbocycles. The van der Waals surface area contributed by atoms with Crippen LogP contribution in [0.25, 0.3) is 0 Å². The number of hydrogen-bond acceptors (Lipinski definition) is 4. The Bertz CT molecular complexity index is 551. The third kappa shape index (κ3) is 4.41. The first-order chi connectivity index (χ1) is 11.7. The molecule has 1 aromatic carbocycles. The third-order valence-electron chi connectivity index (χ3n) is 4.77. The number of ether oxygens (including phenoxy) is 2. The first-order valence-electron chi connectivity index (χ1n) is 9.10. The van der Waals surface area contributed by atoms with Crippen molar-refractivity contribution in [3.05, 3.63) is 24.3 Å². The molecule has 1 aromatic rings. The van der Waals surface area contributed by atoms with E-state index < -0.39 is 0 Å². The van der Waals surface area contributed by atoms with Crippen LogP contribution in [0, 0.1) is 0 Å². The van der Waals surface area contributed by atoms with E-state index in [1.165, 1.54) is 0 Å². The summed E-state index contributed by atoms with van der Waals surface area (Å²) in [6.07, 6.45) is 4.31. The minimum absolute atomic E-state index is 0.0535. The van der Waals surface area contributed by atoms with Gasteiger partial charge in [0.15, 0.2) is 11.5 Å². The highest BCUT2D eigenvalue weighted by molar-refractivity contribution is 5.81. The number of hydrogen-bond donors (Lipinski definition) is 1. The lowest BCUT2D eigenvalue weighted by molar-refractivity contribution is -0.126. The molecule has 1 unspecified atom stereocenters. The van der Waals surface area contributed by atoms with Gasteiger partial charge in [0.1, 0.15) is 6.10 Å². The van der Waals surface area contributed by atoms with Gasteiger partial charge in [0.05, 0.1) is 12.6 Å². The van der Waals surface area contributed by atoms with E-state index in [-0.39, 0.29) is 18.1 Å². The lowest BCUT2D eigenvalue weighted by atomic mass is 10.1. The van der Waals surface area contributed by atoms with Crippen molar-refractivity contribution in [2.24, 2.45) is 0 Å². The Labute approximate surface area is 144 Å². The van der Waals surface area contributed by atoms with E-state index in [9.17, 15) is 4.79 Å². The molecular formula is C19H28N2O3. The topological polar surface area (TPSA) is 50.8 Å². The Morgan fingerprint density at radius 1 is 1.21 bits per heavy atom. The Morgan fingerprint density at radius 3 is 2.50 bits per heavy atom. The third-order valence-corrected chi connectivity index (χ3v) is 4.77. The van der Waals surface area contributed by atoms with Crippen molar-refractivity contribution < 1.29 is 14.3 Å². The molecule has 132 valence electrons. The fourth-order valence-corrected chi connectivity index (χ4v) is 3.10. The minimum Gasteiger partial charge on any atom is -0.490 e. The first-order valence-corrected chi connectivity index (χ1v) is 9.10. The SMILES string of the molecule is CCOc1ccccc1OC1CCN(C(C)C(=O)NC2CC2)CC1. The highest BCUT2D eigenvalue weighted by atomic mass is 16.5. The van der Waals surface area contributed by atoms with Crippen molar-refractivity contribution in [1.82, 2.24) is 10.2 Å². The highest BCUT2D eigenvalue weighted by Crippen LogP contribution is 2.29. The molecule has 0 spiro atoms. The summed E-state index contributed by atoms with van der Waals surface area (Å²) >= 11 is 0. The van der Waals surface area contributed by atoms with Crippen molar-refractivity contribution in [2.75, 3.05) is 19.7 Å². The van der Waals surface area contributed by atoms with Gasteiger partial charge in [0, 0.05) is 19.1 Å². The maximum Gasteiger partial charge on any atom is 0.237 e. The minimum atomic E-state index is -0.0535. The number of likely N-dealkylation sites (tertiary alicyclic amines) is 1. The number of nitrogens with one attached hydrogen (secondary N) is 1. The fourth-order valence-electron chi connectivity index (χ4n) is 3.10. The number of para-hydroxylation sites is 2. The Morgan fingerprint density at radius 2 is 1.88 bits per heavy atom. The maximum atomic E-state index is 12.2. The largest absolute Gasteiger partial charge is 0.490 e. The summed E-state index contributed by atoms with van der Waals surface area (Å²) in [5.74, 6) is 1.79. The van der Waals surface area contributed by atoms with Crippen molar-refractivity contribution in [3.8, 4) is 11.5 Å². The Balaban J connectivity index is 1.49. The lowest BCUT2D eigenvalue weighted by Gasteiger charge is -2.35. The quantitative estimate of drug-likeness (QED) is 0.834. The van der Waals surface area contributed by atoms with Gasteiger partial charge in [-0.1, -0.05) is 12.1 Å². The molecule has 1 saturated heterocycles. The maximum absolute atomic E-state index is 12.2. The normalized spacial score (nSPS) is 20.4. The van der Waals surface area contributed by atoms with E-state index in [4.69, 9.17) is 9.47 Å². The average molecular weight is 332 g/mol. The van der Waals surface area contributed by atoms with Crippen LogP contribution >= 0.6 is 0 Å². The van der Waals surface area contributed by atoms with Crippen molar-refractivity contribution in [3.63, 3.8) is 0 Å². The molecule has 1 aliphatic heterocycles. The van der Waals surface area contributed by atoms with E-state index >= 15 is 0 Å². The molecule has 1 amide bonds. The van der Waals surface area contributed by atoms with Crippen LogP contribution in [0.3, 0.4) is 0 Å². The summed E-state index contributed by atoms with van der Waals surface area (Å²) in [5, 5.41) is 3.10. The molecule has 1 heterocycles. The molecule has 1 atom stereocenters. The zero-order chi connectivity index (χ0) is 16.9. The smallest absolute Gasteiger partial charge is 0.237 e. The molecule has 24 heavy (non-hydrogen) atoms. The number of benzene rings is 1. The van der Waals surface area contributed by atoms with Gasteiger partial charge in [-0.3, -0.25) is 9.69 Å². The molecule has 0 aromatic heterocycles. The molecule has 0 radical (unpaired) electrons. The zero-order valence-electron chi connectivity index (χ0n) is 14.7. The van der Waals surface area contributed by atoms with Crippen LogP contribution in [-0.2, 0) is 4.79 Å². The molecule has 5 nitrogen and oxygen atoms in total. The van der Waals surface area contributed by atoms with E-state index in [1.54, 1.807) is 0 Å². The van der Waals surface area contributed by atoms with Crippen molar-refractivity contribution in [1.29, 1.82) is 0 Å². The summed E-state index contributed by atoms with van der Waals surface area (Å²) in [7, 11) is 0. The number of carbonyl (C=O) groups excluding carboxylic acids is 1. The van der Waals surface area contributed by atoms with E-state index in [2.05, 4.69) is 10.2 Å². The van der Waals surface area contributed by atoms with E-state index in [0.29, 0.717) is 12.6 Å². The zero-order valence-corrected chi connectivity index (χ0v) is 14.7. The van der Waals surface area contributed by atoms with Gasteiger partial charge in [-0.2, -0.15) is 0 Å². The van der Waals surface area contributed by atoms with Crippen LogP contribution < -0.4 is 14.8 Å². The molecule has 2 aliphatic rings. The molecule has 3 rings (SSSR count). The molecular weight excluding hydrogens is 304 g/mol. The second-order valence-electron chi connectivity index (χ2n) is 6.69. The predicted molar refractivity (Wildman–Crippen MR) is 93.5 cm³/mol. The van der Waals surface area contributed by atoms with Gasteiger partial charge in [-0.15, -0.1) is 0 Å². The fraction of sp³-hybridized carbons (Fsp3) is 0.632. The predicted octanol–water partition coefficient (Wildman–Crippen LogP) is 2.60. The summed E-state index contributed by atoms with van der Waals surface area (Å²) in [4.78, 5) is 14.4. The van der Waals surface area contributed by atoms with Gasteiger partial charge in [-0.05, 0) is 51.7 Å². The average Bonchev–Trinajstić information content (AvgIpc) is 3.41. The summed E-state index contributed by atoms with van der Waals surface area (Å²) < 4.78 is 11.8. The number of piperidine rings is 1. The molecule has 1 saturated carbocycles. The Kier molecular flexibility index (Phi) is 5.61. The van der Waals surface area contributed by atoms with Crippen LogP contribution in [0.4, 0.5) is 0 Å². The van der Waals surface area contributed by atoms with Crippen LogP contribution in [-0.4, -0.2) is 48.7 Å². The van der Waals surface area contributed by atoms with Crippen molar-refractivity contribution >= 4 is 5.91 Å². The summed E-state index contributed by atoms with van der Waals surface area (Å²) in [5.41, 5.74) is 0. The molecule has 5 heteroatoms. The Hall–Kier alpha value is -1.75. The number of rotatable bonds is 7. The van der Waals surface area contributed by atoms with E-state index in [1.807, 2.05) is 38.1 Å². The monoisotopic (exact) mass is 332 g/mol. The number of nitrogens with zero attached hydrogens (tertiary/aromatic N) is 1. The van der Waals surface area contributed by atoms with E-state index in [0.717, 1.165) is 50.3 Å². The van der Waals surface area contributed by atoms with Gasteiger partial charge < -0.3 is 14.8 Å². The molecule has 1 N–H and O–H groups in total.